The number of carbonyl (C=O) groups excluding carboxylic acids is 2. The van der Waals surface area contributed by atoms with Gasteiger partial charge in [-0.1, -0.05) is 18.2 Å². The number of piperazine rings is 1. The fourth-order valence-electron chi connectivity index (χ4n) is 3.54. The number of nitrogens with one attached hydrogen (secondary N) is 2. The standard InChI is InChI=1S/C22H21N5O2/c23-14-16-5-7-18(8-6-16)25-22(29)27-11-9-26(10-12-27)21(28)13-17-15-24-20-4-2-1-3-19(17)20/h1-8,15,24H,9-13H2,(H,25,29). The minimum atomic E-state index is -0.196. The fourth-order valence-corrected chi connectivity index (χ4v) is 3.54. The van der Waals surface area contributed by atoms with E-state index in [1.165, 1.54) is 0 Å². The first-order valence-electron chi connectivity index (χ1n) is 9.53. The lowest BCUT2D eigenvalue weighted by Gasteiger charge is -2.34. The van der Waals surface area contributed by atoms with Crippen molar-refractivity contribution < 1.29 is 9.59 Å². The Morgan fingerprint density at radius 3 is 2.41 bits per heavy atom. The van der Waals surface area contributed by atoms with Crippen LogP contribution in [-0.4, -0.2) is 52.9 Å². The number of H-pyrrole nitrogens is 1. The number of hydrogen-bond donors (Lipinski definition) is 2. The van der Waals surface area contributed by atoms with Crippen molar-refractivity contribution in [2.24, 2.45) is 0 Å². The molecule has 1 fully saturated rings. The molecule has 1 aliphatic rings. The average Bonchev–Trinajstić information content (AvgIpc) is 3.17. The quantitative estimate of drug-likeness (QED) is 0.724. The van der Waals surface area contributed by atoms with Crippen molar-refractivity contribution in [2.45, 2.75) is 6.42 Å². The molecule has 2 aromatic carbocycles. The molecule has 0 atom stereocenters. The van der Waals surface area contributed by atoms with Crippen molar-refractivity contribution in [3.8, 4) is 6.07 Å². The van der Waals surface area contributed by atoms with Crippen molar-refractivity contribution in [3.63, 3.8) is 0 Å². The number of para-hydroxylation sites is 1. The second kappa shape index (κ2) is 8.07. The highest BCUT2D eigenvalue weighted by atomic mass is 16.2. The number of nitriles is 1. The SMILES string of the molecule is N#Cc1ccc(NC(=O)N2CCN(C(=O)Cc3c[nH]c4ccccc34)CC2)cc1. The summed E-state index contributed by atoms with van der Waals surface area (Å²) in [6, 6.07) is 16.5. The number of aromatic nitrogens is 1. The van der Waals surface area contributed by atoms with E-state index in [4.69, 9.17) is 5.26 Å². The molecule has 0 bridgehead atoms. The van der Waals surface area contributed by atoms with Crippen LogP contribution in [0, 0.1) is 11.3 Å². The van der Waals surface area contributed by atoms with Crippen LogP contribution in [0.25, 0.3) is 10.9 Å². The van der Waals surface area contributed by atoms with E-state index in [0.717, 1.165) is 16.5 Å². The second-order valence-electron chi connectivity index (χ2n) is 7.02. The summed E-state index contributed by atoms with van der Waals surface area (Å²) in [5.74, 6) is 0.0712. The van der Waals surface area contributed by atoms with Gasteiger partial charge in [0.1, 0.15) is 0 Å². The first kappa shape index (κ1) is 18.6. The highest BCUT2D eigenvalue weighted by Crippen LogP contribution is 2.19. The Hall–Kier alpha value is -3.79. The topological polar surface area (TPSA) is 92.2 Å². The highest BCUT2D eigenvalue weighted by molar-refractivity contribution is 5.90. The number of fused-ring (bicyclic) bond motifs is 1. The van der Waals surface area contributed by atoms with Gasteiger partial charge in [-0.2, -0.15) is 5.26 Å². The lowest BCUT2D eigenvalue weighted by molar-refractivity contribution is -0.131. The predicted molar refractivity (Wildman–Crippen MR) is 110 cm³/mol. The van der Waals surface area contributed by atoms with Gasteiger partial charge in [0, 0.05) is 49.0 Å². The fraction of sp³-hybridized carbons (Fsp3) is 0.227. The summed E-state index contributed by atoms with van der Waals surface area (Å²) >= 11 is 0. The highest BCUT2D eigenvalue weighted by Gasteiger charge is 2.24. The Balaban J connectivity index is 1.31. The number of rotatable bonds is 3. The molecule has 0 spiro atoms. The molecule has 0 saturated carbocycles. The van der Waals surface area contributed by atoms with Gasteiger partial charge in [0.15, 0.2) is 0 Å². The van der Waals surface area contributed by atoms with Gasteiger partial charge in [0.2, 0.25) is 5.91 Å². The average molecular weight is 387 g/mol. The summed E-state index contributed by atoms with van der Waals surface area (Å²) in [6.45, 7) is 2.01. The Morgan fingerprint density at radius 2 is 1.69 bits per heavy atom. The number of aromatic amines is 1. The summed E-state index contributed by atoms with van der Waals surface area (Å²) < 4.78 is 0. The van der Waals surface area contributed by atoms with E-state index in [1.807, 2.05) is 41.4 Å². The van der Waals surface area contributed by atoms with Crippen molar-refractivity contribution >= 4 is 28.5 Å². The summed E-state index contributed by atoms with van der Waals surface area (Å²) in [4.78, 5) is 31.9. The van der Waals surface area contributed by atoms with E-state index in [-0.39, 0.29) is 11.9 Å². The first-order valence-corrected chi connectivity index (χ1v) is 9.53. The number of anilines is 1. The zero-order chi connectivity index (χ0) is 20.2. The molecule has 2 N–H and O–H groups in total. The minimum absolute atomic E-state index is 0.0712. The summed E-state index contributed by atoms with van der Waals surface area (Å²) in [5.41, 5.74) is 3.21. The summed E-state index contributed by atoms with van der Waals surface area (Å²) in [7, 11) is 0. The van der Waals surface area contributed by atoms with Crippen LogP contribution in [0.2, 0.25) is 0 Å². The van der Waals surface area contributed by atoms with Gasteiger partial charge in [-0.05, 0) is 35.9 Å². The molecule has 1 aliphatic heterocycles. The lowest BCUT2D eigenvalue weighted by Crippen LogP contribution is -2.52. The normalized spacial score (nSPS) is 13.9. The van der Waals surface area contributed by atoms with E-state index in [0.29, 0.717) is 43.9 Å². The molecule has 29 heavy (non-hydrogen) atoms. The number of amides is 3. The van der Waals surface area contributed by atoms with Crippen molar-refractivity contribution in [1.82, 2.24) is 14.8 Å². The lowest BCUT2D eigenvalue weighted by atomic mass is 10.1. The number of benzene rings is 2. The number of hydrogen-bond acceptors (Lipinski definition) is 3. The van der Waals surface area contributed by atoms with Gasteiger partial charge in [-0.3, -0.25) is 4.79 Å². The van der Waals surface area contributed by atoms with Crippen LogP contribution in [0.1, 0.15) is 11.1 Å². The predicted octanol–water partition coefficient (Wildman–Crippen LogP) is 2.96. The Bertz CT molecular complexity index is 1070. The van der Waals surface area contributed by atoms with Crippen molar-refractivity contribution in [3.05, 3.63) is 65.9 Å². The third-order valence-corrected chi connectivity index (χ3v) is 5.20. The maximum absolute atomic E-state index is 12.7. The maximum Gasteiger partial charge on any atom is 0.321 e. The summed E-state index contributed by atoms with van der Waals surface area (Å²) in [5, 5.41) is 12.7. The third kappa shape index (κ3) is 4.06. The van der Waals surface area contributed by atoms with E-state index >= 15 is 0 Å². The van der Waals surface area contributed by atoms with Gasteiger partial charge < -0.3 is 20.1 Å². The molecule has 0 aliphatic carbocycles. The molecule has 0 unspecified atom stereocenters. The Labute approximate surface area is 168 Å². The van der Waals surface area contributed by atoms with Gasteiger partial charge in [-0.25, -0.2) is 4.79 Å². The zero-order valence-electron chi connectivity index (χ0n) is 15.9. The monoisotopic (exact) mass is 387 g/mol. The van der Waals surface area contributed by atoms with Crippen LogP contribution in [0.15, 0.2) is 54.7 Å². The van der Waals surface area contributed by atoms with E-state index in [9.17, 15) is 9.59 Å². The Morgan fingerprint density at radius 1 is 1.00 bits per heavy atom. The van der Waals surface area contributed by atoms with E-state index in [1.54, 1.807) is 29.2 Å². The van der Waals surface area contributed by atoms with Gasteiger partial charge in [0.25, 0.3) is 0 Å². The number of carbonyl (C=O) groups is 2. The van der Waals surface area contributed by atoms with Crippen LogP contribution < -0.4 is 5.32 Å². The smallest absolute Gasteiger partial charge is 0.321 e. The number of urea groups is 1. The van der Waals surface area contributed by atoms with Crippen molar-refractivity contribution in [1.29, 1.82) is 5.26 Å². The van der Waals surface area contributed by atoms with Gasteiger partial charge >= 0.3 is 6.03 Å². The van der Waals surface area contributed by atoms with Gasteiger partial charge in [-0.15, -0.1) is 0 Å². The molecular formula is C22H21N5O2. The molecule has 3 amide bonds. The maximum atomic E-state index is 12.7. The van der Waals surface area contributed by atoms with Crippen LogP contribution in [0.3, 0.4) is 0 Å². The molecule has 3 aromatic rings. The molecular weight excluding hydrogens is 366 g/mol. The zero-order valence-corrected chi connectivity index (χ0v) is 15.9. The van der Waals surface area contributed by atoms with Crippen molar-refractivity contribution in [2.75, 3.05) is 31.5 Å². The molecule has 4 rings (SSSR count). The van der Waals surface area contributed by atoms with E-state index < -0.39 is 0 Å². The molecule has 7 heteroatoms. The van der Waals surface area contributed by atoms with Crippen LogP contribution >= 0.6 is 0 Å². The van der Waals surface area contributed by atoms with Crippen LogP contribution in [-0.2, 0) is 11.2 Å². The minimum Gasteiger partial charge on any atom is -0.361 e. The largest absolute Gasteiger partial charge is 0.361 e. The number of nitrogens with zero attached hydrogens (tertiary/aromatic N) is 3. The molecule has 2 heterocycles. The Kier molecular flexibility index (Phi) is 5.16. The molecule has 7 nitrogen and oxygen atoms in total. The van der Waals surface area contributed by atoms with E-state index in [2.05, 4.69) is 10.3 Å². The van der Waals surface area contributed by atoms with Gasteiger partial charge in [0.05, 0.1) is 18.1 Å². The molecule has 0 radical (unpaired) electrons. The second-order valence-corrected chi connectivity index (χ2v) is 7.02. The molecule has 1 saturated heterocycles. The first-order chi connectivity index (χ1) is 14.1. The van der Waals surface area contributed by atoms with Crippen LogP contribution in [0.5, 0.6) is 0 Å². The molecule has 1 aromatic heterocycles. The van der Waals surface area contributed by atoms with Crippen LogP contribution in [0.4, 0.5) is 10.5 Å². The molecule has 146 valence electrons. The summed E-state index contributed by atoms with van der Waals surface area (Å²) in [6.07, 6.45) is 2.24. The third-order valence-electron chi connectivity index (χ3n) is 5.20.